The number of aliphatic hydroxyl groups excluding tert-OH is 1. The molecular formula is C18H27N3O3. The Morgan fingerprint density at radius 3 is 2.33 bits per heavy atom. The number of amides is 1. The molecule has 1 aromatic heterocycles. The molecule has 6 heteroatoms. The van der Waals surface area contributed by atoms with Crippen molar-refractivity contribution in [1.82, 2.24) is 14.8 Å². The van der Waals surface area contributed by atoms with Crippen LogP contribution in [0, 0.1) is 13.8 Å². The number of hydrogen-bond donors (Lipinski definition) is 2. The van der Waals surface area contributed by atoms with Crippen molar-refractivity contribution in [3.63, 3.8) is 0 Å². The van der Waals surface area contributed by atoms with Gasteiger partial charge in [0, 0.05) is 49.7 Å². The van der Waals surface area contributed by atoms with Crippen molar-refractivity contribution in [3.05, 3.63) is 33.2 Å². The molecule has 0 aromatic carbocycles. The maximum atomic E-state index is 12.7. The van der Waals surface area contributed by atoms with Gasteiger partial charge >= 0.3 is 0 Å². The van der Waals surface area contributed by atoms with Crippen molar-refractivity contribution in [2.75, 3.05) is 26.2 Å². The third-order valence-electron chi connectivity index (χ3n) is 5.33. The molecule has 24 heavy (non-hydrogen) atoms. The summed E-state index contributed by atoms with van der Waals surface area (Å²) in [5.41, 5.74) is 1.51. The summed E-state index contributed by atoms with van der Waals surface area (Å²) in [6.45, 7) is 6.87. The van der Waals surface area contributed by atoms with Crippen molar-refractivity contribution in [1.29, 1.82) is 0 Å². The zero-order chi connectivity index (χ0) is 17.3. The van der Waals surface area contributed by atoms with Gasteiger partial charge in [-0.25, -0.2) is 0 Å². The molecule has 2 saturated heterocycles. The number of piperidine rings is 2. The van der Waals surface area contributed by atoms with Crippen LogP contribution >= 0.6 is 0 Å². The zero-order valence-corrected chi connectivity index (χ0v) is 14.5. The Balaban J connectivity index is 1.63. The Morgan fingerprint density at radius 2 is 1.75 bits per heavy atom. The van der Waals surface area contributed by atoms with Gasteiger partial charge in [0.1, 0.15) is 5.56 Å². The lowest BCUT2D eigenvalue weighted by Gasteiger charge is -2.41. The fraction of sp³-hybridized carbons (Fsp3) is 0.667. The summed E-state index contributed by atoms with van der Waals surface area (Å²) < 4.78 is 0. The Hall–Kier alpha value is -1.66. The molecule has 2 aliphatic heterocycles. The summed E-state index contributed by atoms with van der Waals surface area (Å²) in [5.74, 6) is -0.152. The molecule has 2 N–H and O–H groups in total. The number of carbonyl (C=O) groups is 1. The normalized spacial score (nSPS) is 21.2. The van der Waals surface area contributed by atoms with Crippen molar-refractivity contribution in [3.8, 4) is 0 Å². The predicted molar refractivity (Wildman–Crippen MR) is 92.3 cm³/mol. The highest BCUT2D eigenvalue weighted by Crippen LogP contribution is 2.22. The van der Waals surface area contributed by atoms with Crippen LogP contribution in [0.4, 0.5) is 0 Å². The number of aliphatic hydroxyl groups is 1. The lowest BCUT2D eigenvalue weighted by Crippen LogP contribution is -2.50. The number of rotatable bonds is 2. The molecule has 0 atom stereocenters. The SMILES string of the molecule is Cc1cc(=O)c(C(=O)N2CCC(N3CCC(O)CC3)CC2)c(C)[nH]1. The first-order valence-corrected chi connectivity index (χ1v) is 8.87. The summed E-state index contributed by atoms with van der Waals surface area (Å²) >= 11 is 0. The van der Waals surface area contributed by atoms with E-state index < -0.39 is 0 Å². The van der Waals surface area contributed by atoms with E-state index in [2.05, 4.69) is 9.88 Å². The van der Waals surface area contributed by atoms with Crippen molar-refractivity contribution in [2.24, 2.45) is 0 Å². The molecule has 2 aliphatic rings. The second-order valence-electron chi connectivity index (χ2n) is 7.11. The van der Waals surface area contributed by atoms with E-state index >= 15 is 0 Å². The van der Waals surface area contributed by atoms with Crippen molar-refractivity contribution in [2.45, 2.75) is 51.7 Å². The molecule has 0 unspecified atom stereocenters. The second kappa shape index (κ2) is 7.07. The van der Waals surface area contributed by atoms with Crippen LogP contribution in [0.2, 0.25) is 0 Å². The molecule has 0 spiro atoms. The number of aryl methyl sites for hydroxylation is 2. The highest BCUT2D eigenvalue weighted by molar-refractivity contribution is 5.95. The van der Waals surface area contributed by atoms with Crippen molar-refractivity contribution >= 4 is 5.91 Å². The molecule has 0 aliphatic carbocycles. The van der Waals surface area contributed by atoms with Crippen LogP contribution in [0.25, 0.3) is 0 Å². The van der Waals surface area contributed by atoms with Gasteiger partial charge < -0.3 is 19.9 Å². The van der Waals surface area contributed by atoms with Crippen LogP contribution in [-0.4, -0.2) is 64.1 Å². The first-order chi connectivity index (χ1) is 11.5. The first-order valence-electron chi connectivity index (χ1n) is 8.87. The first kappa shape index (κ1) is 17.2. The molecule has 2 fully saturated rings. The molecule has 3 heterocycles. The number of nitrogens with zero attached hydrogens (tertiary/aromatic N) is 2. The number of carbonyl (C=O) groups excluding carboxylic acids is 1. The van der Waals surface area contributed by atoms with Crippen molar-refractivity contribution < 1.29 is 9.90 Å². The van der Waals surface area contributed by atoms with Gasteiger partial charge in [0.2, 0.25) is 0 Å². The fourth-order valence-corrected chi connectivity index (χ4v) is 3.96. The van der Waals surface area contributed by atoms with Gasteiger partial charge in [-0.1, -0.05) is 0 Å². The van der Waals surface area contributed by atoms with E-state index in [4.69, 9.17) is 0 Å². The van der Waals surface area contributed by atoms with Gasteiger partial charge in [0.15, 0.2) is 5.43 Å². The Morgan fingerprint density at radius 1 is 1.12 bits per heavy atom. The third-order valence-corrected chi connectivity index (χ3v) is 5.33. The van der Waals surface area contributed by atoms with Gasteiger partial charge in [-0.2, -0.15) is 0 Å². The maximum Gasteiger partial charge on any atom is 0.259 e. The summed E-state index contributed by atoms with van der Waals surface area (Å²) in [7, 11) is 0. The van der Waals surface area contributed by atoms with Crippen LogP contribution in [0.15, 0.2) is 10.9 Å². The number of pyridine rings is 1. The second-order valence-corrected chi connectivity index (χ2v) is 7.11. The molecule has 1 aromatic rings. The highest BCUT2D eigenvalue weighted by Gasteiger charge is 2.30. The molecule has 0 radical (unpaired) electrons. The van der Waals surface area contributed by atoms with Crippen LogP contribution in [-0.2, 0) is 0 Å². The minimum atomic E-state index is -0.194. The quantitative estimate of drug-likeness (QED) is 0.848. The summed E-state index contributed by atoms with van der Waals surface area (Å²) in [4.78, 5) is 32.3. The van der Waals surface area contributed by atoms with Gasteiger partial charge in [0.05, 0.1) is 6.10 Å². The van der Waals surface area contributed by atoms with Crippen LogP contribution in [0.3, 0.4) is 0 Å². The van der Waals surface area contributed by atoms with Crippen LogP contribution < -0.4 is 5.43 Å². The third kappa shape index (κ3) is 3.54. The number of aromatic nitrogens is 1. The smallest absolute Gasteiger partial charge is 0.259 e. The standard InChI is InChI=1S/C18H27N3O3/c1-12-11-16(23)17(13(2)19-12)18(24)21-7-3-14(4-8-21)20-9-5-15(22)6-10-20/h11,14-15,22H,3-10H2,1-2H3,(H,19,23). The van der Waals surface area contributed by atoms with E-state index in [-0.39, 0.29) is 23.0 Å². The average Bonchev–Trinajstić information content (AvgIpc) is 2.54. The van der Waals surface area contributed by atoms with Gasteiger partial charge in [-0.15, -0.1) is 0 Å². The number of aromatic amines is 1. The average molecular weight is 333 g/mol. The van der Waals surface area contributed by atoms with E-state index in [9.17, 15) is 14.7 Å². The molecule has 1 amide bonds. The number of likely N-dealkylation sites (tertiary alicyclic amines) is 2. The molecular weight excluding hydrogens is 306 g/mol. The predicted octanol–water partition coefficient (Wildman–Crippen LogP) is 1.05. The Kier molecular flexibility index (Phi) is 5.06. The molecule has 0 bridgehead atoms. The van der Waals surface area contributed by atoms with E-state index in [0.717, 1.165) is 44.5 Å². The number of H-pyrrole nitrogens is 1. The minimum absolute atomic E-state index is 0.152. The zero-order valence-electron chi connectivity index (χ0n) is 14.5. The number of nitrogens with one attached hydrogen (secondary N) is 1. The Labute approximate surface area is 142 Å². The minimum Gasteiger partial charge on any atom is -0.393 e. The molecule has 3 rings (SSSR count). The van der Waals surface area contributed by atoms with Gasteiger partial charge in [-0.05, 0) is 39.5 Å². The number of hydrogen-bond acceptors (Lipinski definition) is 4. The molecule has 0 saturated carbocycles. The van der Waals surface area contributed by atoms with Crippen LogP contribution in [0.5, 0.6) is 0 Å². The lowest BCUT2D eigenvalue weighted by molar-refractivity contribution is 0.0356. The molecule has 6 nitrogen and oxygen atoms in total. The lowest BCUT2D eigenvalue weighted by atomic mass is 9.98. The van der Waals surface area contributed by atoms with E-state index in [1.807, 2.05) is 11.8 Å². The highest BCUT2D eigenvalue weighted by atomic mass is 16.3. The van der Waals surface area contributed by atoms with Crippen LogP contribution in [0.1, 0.15) is 47.4 Å². The molecule has 132 valence electrons. The van der Waals surface area contributed by atoms with E-state index in [0.29, 0.717) is 24.8 Å². The summed E-state index contributed by atoms with van der Waals surface area (Å²) in [5, 5.41) is 9.63. The van der Waals surface area contributed by atoms with Gasteiger partial charge in [0.25, 0.3) is 5.91 Å². The fourth-order valence-electron chi connectivity index (χ4n) is 3.96. The summed E-state index contributed by atoms with van der Waals surface area (Å²) in [6, 6.07) is 1.98. The summed E-state index contributed by atoms with van der Waals surface area (Å²) in [6.07, 6.45) is 3.41. The van der Waals surface area contributed by atoms with E-state index in [1.54, 1.807) is 6.92 Å². The monoisotopic (exact) mass is 333 g/mol. The topological polar surface area (TPSA) is 76.6 Å². The van der Waals surface area contributed by atoms with E-state index in [1.165, 1.54) is 6.07 Å². The largest absolute Gasteiger partial charge is 0.393 e. The van der Waals surface area contributed by atoms with Gasteiger partial charge in [-0.3, -0.25) is 9.59 Å². The Bertz CT molecular complexity index is 654. The maximum absolute atomic E-state index is 12.7.